The highest BCUT2D eigenvalue weighted by atomic mass is 15.1. The topological polar surface area (TPSA) is 82.6 Å². The second-order valence-electron chi connectivity index (χ2n) is 7.99. The standard InChI is InChI=1S/C24H25N7/c1-17(28-21-7-8-26-27-15-21)24-22-12-19(5-6-23(22)29-30-24)20-11-18(13-25-14-20)16-31-9-3-2-4-10-31/h5-8,11-15H,1-4,9-10,16H2,(H,26,28)(H,29,30). The van der Waals surface area contributed by atoms with Crippen LogP contribution in [0.1, 0.15) is 30.5 Å². The second kappa shape index (κ2) is 8.65. The molecule has 0 amide bonds. The van der Waals surface area contributed by atoms with E-state index < -0.39 is 0 Å². The minimum atomic E-state index is 0.702. The van der Waals surface area contributed by atoms with Gasteiger partial charge in [-0.25, -0.2) is 0 Å². The number of fused-ring (bicyclic) bond motifs is 1. The van der Waals surface area contributed by atoms with Crippen molar-refractivity contribution in [1.29, 1.82) is 0 Å². The third kappa shape index (κ3) is 4.32. The smallest absolute Gasteiger partial charge is 0.116 e. The first-order chi connectivity index (χ1) is 15.3. The Morgan fingerprint density at radius 1 is 1.00 bits per heavy atom. The Morgan fingerprint density at radius 3 is 2.74 bits per heavy atom. The summed E-state index contributed by atoms with van der Waals surface area (Å²) >= 11 is 0. The highest BCUT2D eigenvalue weighted by Gasteiger charge is 2.13. The van der Waals surface area contributed by atoms with E-state index in [-0.39, 0.29) is 0 Å². The highest BCUT2D eigenvalue weighted by molar-refractivity contribution is 5.94. The lowest BCUT2D eigenvalue weighted by Gasteiger charge is -2.26. The molecule has 0 saturated carbocycles. The van der Waals surface area contributed by atoms with Crippen LogP contribution in [0.15, 0.2) is 61.7 Å². The van der Waals surface area contributed by atoms with Crippen LogP contribution in [0.5, 0.6) is 0 Å². The second-order valence-corrected chi connectivity index (χ2v) is 7.99. The van der Waals surface area contributed by atoms with Crippen LogP contribution in [0.2, 0.25) is 0 Å². The van der Waals surface area contributed by atoms with Gasteiger partial charge >= 0.3 is 0 Å². The van der Waals surface area contributed by atoms with Crippen LogP contribution in [0.25, 0.3) is 27.7 Å². The van der Waals surface area contributed by atoms with Gasteiger partial charge in [0, 0.05) is 29.9 Å². The van der Waals surface area contributed by atoms with Crippen molar-refractivity contribution in [2.75, 3.05) is 18.4 Å². The van der Waals surface area contributed by atoms with Gasteiger partial charge in [-0.15, -0.1) is 0 Å². The predicted octanol–water partition coefficient (Wildman–Crippen LogP) is 4.48. The van der Waals surface area contributed by atoms with E-state index in [1.807, 2.05) is 18.5 Å². The number of pyridine rings is 1. The molecule has 7 nitrogen and oxygen atoms in total. The molecule has 1 aromatic carbocycles. The van der Waals surface area contributed by atoms with Gasteiger partial charge in [0.2, 0.25) is 0 Å². The summed E-state index contributed by atoms with van der Waals surface area (Å²) in [6.07, 6.45) is 11.1. The number of benzene rings is 1. The number of rotatable bonds is 6. The maximum atomic E-state index is 4.51. The van der Waals surface area contributed by atoms with E-state index in [9.17, 15) is 0 Å². The summed E-state index contributed by atoms with van der Waals surface area (Å²) in [4.78, 5) is 7.03. The Bertz CT molecular complexity index is 1190. The zero-order chi connectivity index (χ0) is 21.0. The molecule has 0 bridgehead atoms. The first-order valence-corrected chi connectivity index (χ1v) is 10.6. The van der Waals surface area contributed by atoms with Crippen LogP contribution in [0.4, 0.5) is 5.69 Å². The molecule has 0 unspecified atom stereocenters. The molecule has 3 aromatic heterocycles. The summed E-state index contributed by atoms with van der Waals surface area (Å²) < 4.78 is 0. The number of nitrogens with zero attached hydrogens (tertiary/aromatic N) is 5. The largest absolute Gasteiger partial charge is 0.353 e. The summed E-state index contributed by atoms with van der Waals surface area (Å²) in [5.74, 6) is 0. The van der Waals surface area contributed by atoms with Crippen molar-refractivity contribution in [1.82, 2.24) is 30.3 Å². The Labute approximate surface area is 181 Å². The maximum Gasteiger partial charge on any atom is 0.116 e. The van der Waals surface area contributed by atoms with Gasteiger partial charge in [0.05, 0.1) is 29.3 Å². The molecule has 31 heavy (non-hydrogen) atoms. The van der Waals surface area contributed by atoms with Crippen molar-refractivity contribution >= 4 is 22.3 Å². The average Bonchev–Trinajstić information content (AvgIpc) is 3.24. The Kier molecular flexibility index (Phi) is 5.41. The number of hydrogen-bond donors (Lipinski definition) is 2. The van der Waals surface area contributed by atoms with Gasteiger partial charge in [-0.3, -0.25) is 15.0 Å². The minimum absolute atomic E-state index is 0.702. The van der Waals surface area contributed by atoms with Crippen molar-refractivity contribution in [2.24, 2.45) is 0 Å². The molecule has 0 radical (unpaired) electrons. The molecule has 4 aromatic rings. The summed E-state index contributed by atoms with van der Waals surface area (Å²) in [5, 5.41) is 19.5. The van der Waals surface area contributed by atoms with Crippen LogP contribution in [-0.2, 0) is 6.54 Å². The zero-order valence-corrected chi connectivity index (χ0v) is 17.4. The number of nitrogens with one attached hydrogen (secondary N) is 2. The molecule has 1 aliphatic rings. The van der Waals surface area contributed by atoms with Gasteiger partial charge in [-0.2, -0.15) is 15.3 Å². The van der Waals surface area contributed by atoms with Crippen LogP contribution >= 0.6 is 0 Å². The number of piperidine rings is 1. The molecule has 0 aliphatic carbocycles. The molecule has 0 atom stereocenters. The van der Waals surface area contributed by atoms with Crippen molar-refractivity contribution in [3.05, 3.63) is 73.0 Å². The van der Waals surface area contributed by atoms with E-state index in [2.05, 4.69) is 66.4 Å². The van der Waals surface area contributed by atoms with Gasteiger partial charge in [0.25, 0.3) is 0 Å². The number of H-pyrrole nitrogens is 1. The lowest BCUT2D eigenvalue weighted by Crippen LogP contribution is -2.29. The Balaban J connectivity index is 1.41. The van der Waals surface area contributed by atoms with Crippen LogP contribution in [0, 0.1) is 0 Å². The molecular weight excluding hydrogens is 386 g/mol. The van der Waals surface area contributed by atoms with Crippen molar-refractivity contribution < 1.29 is 0 Å². The number of likely N-dealkylation sites (tertiary alicyclic amines) is 1. The fourth-order valence-electron chi connectivity index (χ4n) is 4.13. The minimum Gasteiger partial charge on any atom is -0.353 e. The Hall–Kier alpha value is -3.58. The number of hydrogen-bond acceptors (Lipinski definition) is 6. The van der Waals surface area contributed by atoms with E-state index in [1.165, 1.54) is 37.9 Å². The lowest BCUT2D eigenvalue weighted by atomic mass is 10.0. The van der Waals surface area contributed by atoms with Gasteiger partial charge in [-0.05, 0) is 61.3 Å². The molecular formula is C24H25N7. The van der Waals surface area contributed by atoms with Gasteiger partial charge in [-0.1, -0.05) is 19.1 Å². The summed E-state index contributed by atoms with van der Waals surface area (Å²) in [5.41, 5.74) is 6.75. The fourth-order valence-corrected chi connectivity index (χ4v) is 4.13. The first-order valence-electron chi connectivity index (χ1n) is 10.6. The molecule has 1 aliphatic heterocycles. The lowest BCUT2D eigenvalue weighted by molar-refractivity contribution is 0.220. The normalized spacial score (nSPS) is 14.6. The van der Waals surface area contributed by atoms with E-state index in [4.69, 9.17) is 0 Å². The predicted molar refractivity (Wildman–Crippen MR) is 123 cm³/mol. The third-order valence-corrected chi connectivity index (χ3v) is 5.71. The molecule has 4 heterocycles. The monoisotopic (exact) mass is 411 g/mol. The summed E-state index contributed by atoms with van der Waals surface area (Å²) in [6.45, 7) is 7.48. The van der Waals surface area contributed by atoms with E-state index in [0.717, 1.165) is 40.0 Å². The molecule has 5 rings (SSSR count). The summed E-state index contributed by atoms with van der Waals surface area (Å²) in [6, 6.07) is 10.4. The van der Waals surface area contributed by atoms with Gasteiger partial charge in [0.15, 0.2) is 0 Å². The number of aromatic nitrogens is 5. The molecule has 2 N–H and O–H groups in total. The van der Waals surface area contributed by atoms with Crippen molar-refractivity contribution in [3.63, 3.8) is 0 Å². The SMILES string of the molecule is C=C(Nc1ccnnc1)c1n[nH]c2ccc(-c3cncc(CN4CCCCC4)c3)cc12. The highest BCUT2D eigenvalue weighted by Crippen LogP contribution is 2.29. The van der Waals surface area contributed by atoms with Crippen LogP contribution < -0.4 is 5.32 Å². The third-order valence-electron chi connectivity index (χ3n) is 5.71. The van der Waals surface area contributed by atoms with Crippen molar-refractivity contribution in [3.8, 4) is 11.1 Å². The first kappa shape index (κ1) is 19.4. The van der Waals surface area contributed by atoms with Crippen LogP contribution in [0.3, 0.4) is 0 Å². The number of aromatic amines is 1. The molecule has 7 heteroatoms. The zero-order valence-electron chi connectivity index (χ0n) is 17.4. The number of anilines is 1. The average molecular weight is 412 g/mol. The molecule has 1 saturated heterocycles. The van der Waals surface area contributed by atoms with Crippen molar-refractivity contribution in [2.45, 2.75) is 25.8 Å². The molecule has 1 fully saturated rings. The Morgan fingerprint density at radius 2 is 1.90 bits per heavy atom. The van der Waals surface area contributed by atoms with Crippen LogP contribution in [-0.4, -0.2) is 43.4 Å². The van der Waals surface area contributed by atoms with Gasteiger partial charge < -0.3 is 5.32 Å². The quantitative estimate of drug-likeness (QED) is 0.487. The molecule has 156 valence electrons. The van der Waals surface area contributed by atoms with E-state index >= 15 is 0 Å². The molecule has 0 spiro atoms. The fraction of sp³-hybridized carbons (Fsp3) is 0.250. The summed E-state index contributed by atoms with van der Waals surface area (Å²) in [7, 11) is 0. The maximum absolute atomic E-state index is 4.51. The van der Waals surface area contributed by atoms with Gasteiger partial charge in [0.1, 0.15) is 5.69 Å². The van der Waals surface area contributed by atoms with E-state index in [0.29, 0.717) is 5.70 Å². The van der Waals surface area contributed by atoms with E-state index in [1.54, 1.807) is 12.4 Å².